The van der Waals surface area contributed by atoms with Gasteiger partial charge in [-0.15, -0.1) is 0 Å². The first-order chi connectivity index (χ1) is 13.4. The fourth-order valence-corrected chi connectivity index (χ4v) is 3.58. The third-order valence-electron chi connectivity index (χ3n) is 5.14. The zero-order valence-corrected chi connectivity index (χ0v) is 17.1. The van der Waals surface area contributed by atoms with Crippen LogP contribution in [0.1, 0.15) is 27.9 Å². The Hall–Kier alpha value is -2.37. The summed E-state index contributed by atoms with van der Waals surface area (Å²) < 4.78 is 0. The number of nitrogens with one attached hydrogen (secondary N) is 1. The van der Waals surface area contributed by atoms with Gasteiger partial charge < -0.3 is 10.2 Å². The van der Waals surface area contributed by atoms with Gasteiger partial charge in [0.25, 0.3) is 5.91 Å². The predicted octanol–water partition coefficient (Wildman–Crippen LogP) is 3.74. The molecule has 3 rings (SSSR count). The number of anilines is 1. The lowest BCUT2D eigenvalue weighted by Gasteiger charge is -2.22. The number of hydrogen-bond acceptors (Lipinski definition) is 3. The van der Waals surface area contributed by atoms with Crippen LogP contribution in [-0.4, -0.2) is 54.3 Å². The second-order valence-electron chi connectivity index (χ2n) is 7.25. The molecule has 2 amide bonds. The first kappa shape index (κ1) is 20.4. The van der Waals surface area contributed by atoms with Crippen LogP contribution in [0, 0.1) is 13.8 Å². The fourth-order valence-electron chi connectivity index (χ4n) is 3.36. The van der Waals surface area contributed by atoms with Crippen LogP contribution < -0.4 is 5.32 Å². The molecule has 2 aromatic rings. The lowest BCUT2D eigenvalue weighted by atomic mass is 10.1. The van der Waals surface area contributed by atoms with E-state index < -0.39 is 0 Å². The van der Waals surface area contributed by atoms with Crippen molar-refractivity contribution in [3.63, 3.8) is 0 Å². The van der Waals surface area contributed by atoms with Gasteiger partial charge in [0.05, 0.1) is 17.1 Å². The zero-order valence-electron chi connectivity index (χ0n) is 16.4. The molecule has 0 unspecified atom stereocenters. The van der Waals surface area contributed by atoms with Crippen molar-refractivity contribution in [2.45, 2.75) is 20.3 Å². The van der Waals surface area contributed by atoms with Gasteiger partial charge >= 0.3 is 0 Å². The summed E-state index contributed by atoms with van der Waals surface area (Å²) in [6, 6.07) is 13.0. The van der Waals surface area contributed by atoms with Crippen LogP contribution in [0.5, 0.6) is 0 Å². The largest absolute Gasteiger partial charge is 0.337 e. The zero-order chi connectivity index (χ0) is 20.1. The molecule has 1 heterocycles. The van der Waals surface area contributed by atoms with Crippen molar-refractivity contribution in [2.75, 3.05) is 38.0 Å². The smallest absolute Gasteiger partial charge is 0.255 e. The van der Waals surface area contributed by atoms with Crippen molar-refractivity contribution in [3.8, 4) is 0 Å². The maximum atomic E-state index is 12.7. The Morgan fingerprint density at radius 2 is 1.79 bits per heavy atom. The van der Waals surface area contributed by atoms with Crippen LogP contribution in [-0.2, 0) is 4.79 Å². The number of hydrogen-bond donors (Lipinski definition) is 1. The lowest BCUT2D eigenvalue weighted by molar-refractivity contribution is -0.117. The molecule has 1 aliphatic rings. The summed E-state index contributed by atoms with van der Waals surface area (Å²) >= 11 is 6.16. The fraction of sp³-hybridized carbons (Fsp3) is 0.364. The number of amides is 2. The molecule has 0 spiro atoms. The number of nitrogens with zero attached hydrogens (tertiary/aromatic N) is 2. The highest BCUT2D eigenvalue weighted by molar-refractivity contribution is 6.33. The molecule has 1 N–H and O–H groups in total. The Bertz CT molecular complexity index is 869. The minimum atomic E-state index is -0.0490. The maximum Gasteiger partial charge on any atom is 0.255 e. The van der Waals surface area contributed by atoms with Crippen molar-refractivity contribution in [2.24, 2.45) is 0 Å². The van der Waals surface area contributed by atoms with Crippen LogP contribution in [0.15, 0.2) is 42.5 Å². The molecule has 28 heavy (non-hydrogen) atoms. The SMILES string of the molecule is Cc1ccc(NC(=O)CN2CCCN(C(=O)c3ccccc3Cl)CC2)cc1C. The molecule has 6 heteroatoms. The molecule has 1 aliphatic heterocycles. The molecule has 0 aromatic heterocycles. The molecule has 1 fully saturated rings. The summed E-state index contributed by atoms with van der Waals surface area (Å²) in [6.07, 6.45) is 0.827. The molecule has 0 bridgehead atoms. The Labute approximate surface area is 171 Å². The van der Waals surface area contributed by atoms with Gasteiger partial charge in [0.15, 0.2) is 0 Å². The topological polar surface area (TPSA) is 52.7 Å². The van der Waals surface area contributed by atoms with Crippen molar-refractivity contribution >= 4 is 29.1 Å². The quantitative estimate of drug-likeness (QED) is 0.851. The van der Waals surface area contributed by atoms with Gasteiger partial charge in [0.1, 0.15) is 0 Å². The van der Waals surface area contributed by atoms with E-state index in [1.54, 1.807) is 12.1 Å². The molecule has 0 atom stereocenters. The molecule has 1 saturated heterocycles. The average Bonchev–Trinajstić information content (AvgIpc) is 2.90. The van der Waals surface area contributed by atoms with Gasteiger partial charge in [-0.25, -0.2) is 0 Å². The van der Waals surface area contributed by atoms with Gasteiger partial charge in [0, 0.05) is 31.9 Å². The number of aryl methyl sites for hydroxylation is 2. The first-order valence-corrected chi connectivity index (χ1v) is 9.95. The predicted molar refractivity (Wildman–Crippen MR) is 113 cm³/mol. The van der Waals surface area contributed by atoms with Crippen molar-refractivity contribution in [1.29, 1.82) is 0 Å². The molecular weight excluding hydrogens is 374 g/mol. The number of benzene rings is 2. The summed E-state index contributed by atoms with van der Waals surface area (Å²) in [5.41, 5.74) is 3.71. The van der Waals surface area contributed by atoms with Crippen LogP contribution >= 0.6 is 11.6 Å². The second-order valence-corrected chi connectivity index (χ2v) is 7.66. The van der Waals surface area contributed by atoms with Crippen LogP contribution in [0.3, 0.4) is 0 Å². The van der Waals surface area contributed by atoms with E-state index in [0.717, 1.165) is 24.2 Å². The van der Waals surface area contributed by atoms with Crippen LogP contribution in [0.4, 0.5) is 5.69 Å². The van der Waals surface area contributed by atoms with E-state index in [1.807, 2.05) is 49.1 Å². The van der Waals surface area contributed by atoms with Gasteiger partial charge in [-0.3, -0.25) is 14.5 Å². The Morgan fingerprint density at radius 1 is 1.00 bits per heavy atom. The first-order valence-electron chi connectivity index (χ1n) is 9.57. The highest BCUT2D eigenvalue weighted by Crippen LogP contribution is 2.18. The molecule has 0 aliphatic carbocycles. The van der Waals surface area contributed by atoms with E-state index in [0.29, 0.717) is 36.8 Å². The van der Waals surface area contributed by atoms with Crippen molar-refractivity contribution < 1.29 is 9.59 Å². The lowest BCUT2D eigenvalue weighted by Crippen LogP contribution is -2.38. The molecule has 5 nitrogen and oxygen atoms in total. The minimum absolute atomic E-state index is 0.0332. The molecule has 148 valence electrons. The van der Waals surface area contributed by atoms with E-state index in [2.05, 4.69) is 10.2 Å². The highest BCUT2D eigenvalue weighted by Gasteiger charge is 2.22. The Morgan fingerprint density at radius 3 is 2.54 bits per heavy atom. The summed E-state index contributed by atoms with van der Waals surface area (Å²) in [5.74, 6) is -0.0823. The normalized spacial score (nSPS) is 15.2. The third kappa shape index (κ3) is 5.12. The standard InChI is InChI=1S/C22H26ClN3O2/c1-16-8-9-18(14-17(16)2)24-21(27)15-25-10-5-11-26(13-12-25)22(28)19-6-3-4-7-20(19)23/h3-4,6-9,14H,5,10-13,15H2,1-2H3,(H,24,27). The van der Waals surface area contributed by atoms with Crippen LogP contribution in [0.2, 0.25) is 5.02 Å². The monoisotopic (exact) mass is 399 g/mol. The summed E-state index contributed by atoms with van der Waals surface area (Å²) in [4.78, 5) is 29.1. The van der Waals surface area contributed by atoms with E-state index in [9.17, 15) is 9.59 Å². The number of rotatable bonds is 4. The maximum absolute atomic E-state index is 12.7. The van der Waals surface area contributed by atoms with Gasteiger partial charge in [0.2, 0.25) is 5.91 Å². The van der Waals surface area contributed by atoms with E-state index in [1.165, 1.54) is 5.56 Å². The van der Waals surface area contributed by atoms with Crippen molar-refractivity contribution in [1.82, 2.24) is 9.80 Å². The summed E-state index contributed by atoms with van der Waals surface area (Å²) in [6.45, 7) is 7.10. The average molecular weight is 400 g/mol. The van der Waals surface area contributed by atoms with Crippen molar-refractivity contribution in [3.05, 3.63) is 64.2 Å². The third-order valence-corrected chi connectivity index (χ3v) is 5.47. The van der Waals surface area contributed by atoms with E-state index >= 15 is 0 Å². The van der Waals surface area contributed by atoms with Crippen LogP contribution in [0.25, 0.3) is 0 Å². The number of halogens is 1. The Kier molecular flexibility index (Phi) is 6.70. The highest BCUT2D eigenvalue weighted by atomic mass is 35.5. The second kappa shape index (κ2) is 9.22. The van der Waals surface area contributed by atoms with E-state index in [-0.39, 0.29) is 11.8 Å². The molecule has 0 radical (unpaired) electrons. The Balaban J connectivity index is 1.55. The minimum Gasteiger partial charge on any atom is -0.337 e. The molecular formula is C22H26ClN3O2. The molecule has 0 saturated carbocycles. The summed E-state index contributed by atoms with van der Waals surface area (Å²) in [5, 5.41) is 3.44. The van der Waals surface area contributed by atoms with Gasteiger partial charge in [-0.05, 0) is 55.7 Å². The number of carbonyl (C=O) groups is 2. The number of carbonyl (C=O) groups excluding carboxylic acids is 2. The van der Waals surface area contributed by atoms with Gasteiger partial charge in [-0.2, -0.15) is 0 Å². The molecule has 2 aromatic carbocycles. The van der Waals surface area contributed by atoms with E-state index in [4.69, 9.17) is 11.6 Å². The van der Waals surface area contributed by atoms with Gasteiger partial charge in [-0.1, -0.05) is 29.8 Å². The summed E-state index contributed by atoms with van der Waals surface area (Å²) in [7, 11) is 0.